The van der Waals surface area contributed by atoms with Crippen molar-refractivity contribution in [2.45, 2.75) is 13.3 Å². The molecular formula is C21H23N3O5. The van der Waals surface area contributed by atoms with E-state index in [1.54, 1.807) is 24.3 Å². The first kappa shape index (κ1) is 21.6. The molecule has 29 heavy (non-hydrogen) atoms. The van der Waals surface area contributed by atoms with E-state index in [0.717, 1.165) is 5.56 Å². The molecule has 2 aromatic carbocycles. The van der Waals surface area contributed by atoms with Gasteiger partial charge in [-0.05, 0) is 42.8 Å². The number of benzene rings is 2. The molecule has 0 saturated heterocycles. The van der Waals surface area contributed by atoms with Crippen molar-refractivity contribution in [3.05, 3.63) is 65.2 Å². The van der Waals surface area contributed by atoms with Crippen LogP contribution in [0.1, 0.15) is 32.7 Å². The van der Waals surface area contributed by atoms with E-state index in [0.29, 0.717) is 16.8 Å². The smallest absolute Gasteiger partial charge is 0.325 e. The summed E-state index contributed by atoms with van der Waals surface area (Å²) in [6, 6.07) is 13.4. The predicted octanol–water partition coefficient (Wildman–Crippen LogP) is 1.66. The lowest BCUT2D eigenvalue weighted by molar-refractivity contribution is -0.139. The molecule has 0 aliphatic heterocycles. The summed E-state index contributed by atoms with van der Waals surface area (Å²) < 4.78 is 4.45. The van der Waals surface area contributed by atoms with Gasteiger partial charge in [0.25, 0.3) is 11.8 Å². The van der Waals surface area contributed by atoms with Gasteiger partial charge in [0, 0.05) is 29.8 Å². The first-order valence-electron chi connectivity index (χ1n) is 8.99. The van der Waals surface area contributed by atoms with Gasteiger partial charge in [0.1, 0.15) is 6.54 Å². The highest BCUT2D eigenvalue weighted by atomic mass is 16.5. The van der Waals surface area contributed by atoms with E-state index in [-0.39, 0.29) is 31.3 Å². The van der Waals surface area contributed by atoms with Crippen molar-refractivity contribution in [2.75, 3.05) is 25.5 Å². The molecule has 0 radical (unpaired) electrons. The van der Waals surface area contributed by atoms with Crippen LogP contribution in [0.15, 0.2) is 48.5 Å². The van der Waals surface area contributed by atoms with Crippen molar-refractivity contribution in [1.82, 2.24) is 10.6 Å². The molecule has 0 saturated carbocycles. The zero-order valence-corrected chi connectivity index (χ0v) is 16.3. The summed E-state index contributed by atoms with van der Waals surface area (Å²) in [6.07, 6.45) is 0.110. The molecule has 3 amide bonds. The van der Waals surface area contributed by atoms with Crippen LogP contribution >= 0.6 is 0 Å². The number of ether oxygens (including phenoxy) is 1. The van der Waals surface area contributed by atoms with Crippen molar-refractivity contribution >= 4 is 29.4 Å². The van der Waals surface area contributed by atoms with E-state index in [1.807, 2.05) is 19.1 Å². The lowest BCUT2D eigenvalue weighted by Gasteiger charge is -2.09. The van der Waals surface area contributed by atoms with Gasteiger partial charge in [0.2, 0.25) is 5.91 Å². The van der Waals surface area contributed by atoms with Gasteiger partial charge in [-0.3, -0.25) is 19.2 Å². The molecule has 0 bridgehead atoms. The SMILES string of the molecule is COC(=O)CNC(=O)c1ccc(NC(=O)CCNC(=O)c2ccccc2C)cc1. The topological polar surface area (TPSA) is 114 Å². The number of carbonyl (C=O) groups excluding carboxylic acids is 4. The van der Waals surface area contributed by atoms with Gasteiger partial charge in [-0.1, -0.05) is 18.2 Å². The van der Waals surface area contributed by atoms with E-state index < -0.39 is 11.9 Å². The van der Waals surface area contributed by atoms with Crippen LogP contribution in [0.25, 0.3) is 0 Å². The fraction of sp³-hybridized carbons (Fsp3) is 0.238. The third-order valence-electron chi connectivity index (χ3n) is 4.08. The molecule has 0 heterocycles. The highest BCUT2D eigenvalue weighted by molar-refractivity contribution is 5.98. The molecule has 2 rings (SSSR count). The van der Waals surface area contributed by atoms with Gasteiger partial charge >= 0.3 is 5.97 Å². The number of nitrogens with one attached hydrogen (secondary N) is 3. The maximum Gasteiger partial charge on any atom is 0.325 e. The third kappa shape index (κ3) is 6.76. The Morgan fingerprint density at radius 1 is 0.897 bits per heavy atom. The fourth-order valence-corrected chi connectivity index (χ4v) is 2.47. The van der Waals surface area contributed by atoms with Gasteiger partial charge in [0.05, 0.1) is 7.11 Å². The minimum atomic E-state index is -0.545. The first-order valence-corrected chi connectivity index (χ1v) is 8.99. The fourth-order valence-electron chi connectivity index (χ4n) is 2.47. The average Bonchev–Trinajstić information content (AvgIpc) is 2.72. The summed E-state index contributed by atoms with van der Waals surface area (Å²) in [6.45, 7) is 1.83. The summed E-state index contributed by atoms with van der Waals surface area (Å²) in [5.41, 5.74) is 2.31. The summed E-state index contributed by atoms with van der Waals surface area (Å²) in [7, 11) is 1.24. The number of amides is 3. The lowest BCUT2D eigenvalue weighted by Crippen LogP contribution is -2.30. The Kier molecular flexibility index (Phi) is 7.90. The molecule has 8 nitrogen and oxygen atoms in total. The normalized spacial score (nSPS) is 10.0. The van der Waals surface area contributed by atoms with Crippen molar-refractivity contribution < 1.29 is 23.9 Å². The molecule has 0 aliphatic rings. The van der Waals surface area contributed by atoms with Crippen LogP contribution in [0.3, 0.4) is 0 Å². The molecule has 0 unspecified atom stereocenters. The Bertz CT molecular complexity index is 893. The highest BCUT2D eigenvalue weighted by Crippen LogP contribution is 2.10. The maximum atomic E-state index is 12.1. The van der Waals surface area contributed by atoms with Gasteiger partial charge in [0.15, 0.2) is 0 Å². The minimum Gasteiger partial charge on any atom is -0.468 e. The second-order valence-corrected chi connectivity index (χ2v) is 6.21. The second-order valence-electron chi connectivity index (χ2n) is 6.21. The lowest BCUT2D eigenvalue weighted by atomic mass is 10.1. The van der Waals surface area contributed by atoms with Crippen molar-refractivity contribution in [3.63, 3.8) is 0 Å². The van der Waals surface area contributed by atoms with Crippen molar-refractivity contribution in [2.24, 2.45) is 0 Å². The molecule has 2 aromatic rings. The molecule has 0 atom stereocenters. The van der Waals surface area contributed by atoms with Crippen LogP contribution in [0, 0.1) is 6.92 Å². The summed E-state index contributed by atoms with van der Waals surface area (Å²) in [4.78, 5) is 47.1. The van der Waals surface area contributed by atoms with Gasteiger partial charge in [-0.15, -0.1) is 0 Å². The standard InChI is InChI=1S/C21H23N3O5/c1-14-5-3-4-6-17(14)21(28)22-12-11-18(25)24-16-9-7-15(8-10-16)20(27)23-13-19(26)29-2/h3-10H,11-13H2,1-2H3,(H,22,28)(H,23,27)(H,24,25). The molecule has 3 N–H and O–H groups in total. The Labute approximate surface area is 168 Å². The second kappa shape index (κ2) is 10.6. The van der Waals surface area contributed by atoms with Crippen LogP contribution in [0.5, 0.6) is 0 Å². The van der Waals surface area contributed by atoms with E-state index in [2.05, 4.69) is 20.7 Å². The zero-order chi connectivity index (χ0) is 21.2. The zero-order valence-electron chi connectivity index (χ0n) is 16.3. The molecule has 0 spiro atoms. The number of anilines is 1. The first-order chi connectivity index (χ1) is 13.9. The molecular weight excluding hydrogens is 374 g/mol. The Balaban J connectivity index is 1.77. The average molecular weight is 397 g/mol. The van der Waals surface area contributed by atoms with E-state index in [1.165, 1.54) is 19.2 Å². The quantitative estimate of drug-likeness (QED) is 0.586. The number of carbonyl (C=O) groups is 4. The third-order valence-corrected chi connectivity index (χ3v) is 4.08. The van der Waals surface area contributed by atoms with Crippen molar-refractivity contribution in [1.29, 1.82) is 0 Å². The highest BCUT2D eigenvalue weighted by Gasteiger charge is 2.10. The Hall–Kier alpha value is -3.68. The molecule has 8 heteroatoms. The van der Waals surface area contributed by atoms with Gasteiger partial charge in [-0.25, -0.2) is 0 Å². The summed E-state index contributed by atoms with van der Waals surface area (Å²) in [5, 5.41) is 7.84. The monoisotopic (exact) mass is 397 g/mol. The van der Waals surface area contributed by atoms with E-state index in [4.69, 9.17) is 0 Å². The number of rotatable bonds is 8. The number of aryl methyl sites for hydroxylation is 1. The molecule has 0 aromatic heterocycles. The van der Waals surface area contributed by atoms with Crippen LogP contribution in [0.2, 0.25) is 0 Å². The number of hydrogen-bond acceptors (Lipinski definition) is 5. The van der Waals surface area contributed by atoms with Crippen LogP contribution in [-0.4, -0.2) is 43.9 Å². The number of methoxy groups -OCH3 is 1. The van der Waals surface area contributed by atoms with Crippen LogP contribution in [0.4, 0.5) is 5.69 Å². The van der Waals surface area contributed by atoms with Gasteiger partial charge < -0.3 is 20.7 Å². The molecule has 152 valence electrons. The predicted molar refractivity (Wildman–Crippen MR) is 108 cm³/mol. The Morgan fingerprint density at radius 2 is 1.59 bits per heavy atom. The van der Waals surface area contributed by atoms with E-state index >= 15 is 0 Å². The summed E-state index contributed by atoms with van der Waals surface area (Å²) >= 11 is 0. The van der Waals surface area contributed by atoms with Crippen LogP contribution < -0.4 is 16.0 Å². The van der Waals surface area contributed by atoms with Crippen LogP contribution in [-0.2, 0) is 14.3 Å². The van der Waals surface area contributed by atoms with E-state index in [9.17, 15) is 19.2 Å². The summed E-state index contributed by atoms with van der Waals surface area (Å²) in [5.74, 6) is -1.46. The Morgan fingerprint density at radius 3 is 2.24 bits per heavy atom. The van der Waals surface area contributed by atoms with Gasteiger partial charge in [-0.2, -0.15) is 0 Å². The van der Waals surface area contributed by atoms with Crippen molar-refractivity contribution in [3.8, 4) is 0 Å². The number of esters is 1. The largest absolute Gasteiger partial charge is 0.468 e. The molecule has 0 aliphatic carbocycles. The number of hydrogen-bond donors (Lipinski definition) is 3. The molecule has 0 fully saturated rings. The minimum absolute atomic E-state index is 0.110. The maximum absolute atomic E-state index is 12.1.